The van der Waals surface area contributed by atoms with Crippen LogP contribution in [0.1, 0.15) is 78.6 Å². The number of rotatable bonds is 7. The highest BCUT2D eigenvalue weighted by Crippen LogP contribution is 2.67. The highest BCUT2D eigenvalue weighted by atomic mass is 16.7. The van der Waals surface area contributed by atoms with E-state index in [1.54, 1.807) is 39.0 Å². The molecule has 1 spiro atoms. The van der Waals surface area contributed by atoms with Gasteiger partial charge in [-0.25, -0.2) is 9.59 Å². The number of fused-ring (bicyclic) bond motifs is 1. The number of aliphatic hydroxyl groups is 1. The zero-order valence-corrected chi connectivity index (χ0v) is 26.2. The number of hydrogen-bond acceptors (Lipinski definition) is 12. The van der Waals surface area contributed by atoms with Crippen LogP contribution in [0.2, 0.25) is 0 Å². The molecular weight excluding hydrogens is 576 g/mol. The number of ether oxygens (including phenoxy) is 6. The van der Waals surface area contributed by atoms with Gasteiger partial charge in [0.05, 0.1) is 22.7 Å². The molecule has 12 heteroatoms. The Morgan fingerprint density at radius 2 is 1.48 bits per heavy atom. The maximum atomic E-state index is 13.8. The molecule has 0 radical (unpaired) electrons. The van der Waals surface area contributed by atoms with Crippen LogP contribution in [0.15, 0.2) is 42.0 Å². The van der Waals surface area contributed by atoms with Crippen LogP contribution in [0.25, 0.3) is 0 Å². The second kappa shape index (κ2) is 11.6. The maximum absolute atomic E-state index is 13.8. The molecule has 0 aromatic heterocycles. The van der Waals surface area contributed by atoms with Gasteiger partial charge in [0.15, 0.2) is 17.8 Å². The SMILES string of the molecule is C/C=C(/C)C(=O)O[C@@H]1[C@@H]2[C@@H](OC(C)=O)[C@@]3(OC2(C)C)[C@@](OC(C)=O)([C@@H](OC(C)=O)CC[C@]3(C)O)[C@@H]1OC(=O)c1ccccc1. The summed E-state index contributed by atoms with van der Waals surface area (Å²) in [7, 11) is 0. The van der Waals surface area contributed by atoms with Crippen LogP contribution >= 0.6 is 0 Å². The summed E-state index contributed by atoms with van der Waals surface area (Å²) in [6.45, 7) is 11.2. The van der Waals surface area contributed by atoms with Crippen LogP contribution < -0.4 is 0 Å². The van der Waals surface area contributed by atoms with Gasteiger partial charge in [-0.05, 0) is 59.6 Å². The van der Waals surface area contributed by atoms with E-state index in [0.29, 0.717) is 0 Å². The van der Waals surface area contributed by atoms with E-state index >= 15 is 0 Å². The molecule has 1 aromatic carbocycles. The molecule has 240 valence electrons. The number of carbonyl (C=O) groups excluding carboxylic acids is 5. The molecule has 1 saturated heterocycles. The first-order chi connectivity index (χ1) is 20.4. The second-order valence-electron chi connectivity index (χ2n) is 12.3. The Bertz CT molecular complexity index is 1360. The average Bonchev–Trinajstić information content (AvgIpc) is 3.13. The van der Waals surface area contributed by atoms with E-state index in [0.717, 1.165) is 20.8 Å². The van der Waals surface area contributed by atoms with Gasteiger partial charge in [-0.2, -0.15) is 0 Å². The van der Waals surface area contributed by atoms with Gasteiger partial charge < -0.3 is 33.5 Å². The standard InChI is InChI=1S/C32H40O12/c1-9-17(2)27(36)41-24-23-25(40-19(4)34)32(44-29(23,6)7)30(8,38)16-15-22(39-18(3)33)31(32,43-20(5)35)26(24)42-28(37)21-13-11-10-12-14-21/h9-14,22-26,38H,15-16H2,1-8H3/b17-9-/t22-,23+,24+,25+,26+,30-,31+,32-/m0/s1. The minimum Gasteiger partial charge on any atom is -0.459 e. The third kappa shape index (κ3) is 5.17. The van der Waals surface area contributed by atoms with Crippen molar-refractivity contribution >= 4 is 29.8 Å². The molecule has 3 aliphatic rings. The number of hydrogen-bond donors (Lipinski definition) is 1. The van der Waals surface area contributed by atoms with Crippen molar-refractivity contribution in [2.45, 2.75) is 115 Å². The summed E-state index contributed by atoms with van der Waals surface area (Å²) in [4.78, 5) is 65.5. The lowest BCUT2D eigenvalue weighted by atomic mass is 9.51. The largest absolute Gasteiger partial charge is 0.459 e. The Morgan fingerprint density at radius 1 is 0.864 bits per heavy atom. The topological polar surface area (TPSA) is 161 Å². The van der Waals surface area contributed by atoms with Crippen molar-refractivity contribution in [2.75, 3.05) is 0 Å². The first-order valence-electron chi connectivity index (χ1n) is 14.5. The monoisotopic (exact) mass is 616 g/mol. The van der Waals surface area contributed by atoms with E-state index in [1.807, 2.05) is 0 Å². The Kier molecular flexibility index (Phi) is 8.75. The summed E-state index contributed by atoms with van der Waals surface area (Å²) in [5.41, 5.74) is -7.52. The molecule has 3 fully saturated rings. The molecule has 2 saturated carbocycles. The van der Waals surface area contributed by atoms with Gasteiger partial charge in [-0.1, -0.05) is 24.3 Å². The van der Waals surface area contributed by atoms with E-state index in [4.69, 9.17) is 28.4 Å². The summed E-state index contributed by atoms with van der Waals surface area (Å²) in [5.74, 6) is -5.19. The normalized spacial score (nSPS) is 35.5. The van der Waals surface area contributed by atoms with Gasteiger partial charge >= 0.3 is 29.8 Å². The van der Waals surface area contributed by atoms with Crippen molar-refractivity contribution in [3.05, 3.63) is 47.5 Å². The smallest absolute Gasteiger partial charge is 0.338 e. The minimum absolute atomic E-state index is 0.0595. The Balaban J connectivity index is 2.12. The molecule has 1 N–H and O–H groups in total. The molecule has 2 bridgehead atoms. The predicted octanol–water partition coefficient (Wildman–Crippen LogP) is 2.98. The van der Waals surface area contributed by atoms with Gasteiger partial charge in [0.2, 0.25) is 5.60 Å². The zero-order valence-electron chi connectivity index (χ0n) is 26.2. The quantitative estimate of drug-likeness (QED) is 0.271. The predicted molar refractivity (Wildman–Crippen MR) is 152 cm³/mol. The average molecular weight is 617 g/mol. The summed E-state index contributed by atoms with van der Waals surface area (Å²) >= 11 is 0. The molecule has 4 rings (SSSR count). The molecule has 0 amide bonds. The van der Waals surface area contributed by atoms with Gasteiger partial charge in [0.1, 0.15) is 12.2 Å². The summed E-state index contributed by atoms with van der Waals surface area (Å²) < 4.78 is 36.8. The van der Waals surface area contributed by atoms with Crippen LogP contribution in [0.5, 0.6) is 0 Å². The van der Waals surface area contributed by atoms with Crippen LogP contribution in [-0.4, -0.2) is 81.8 Å². The van der Waals surface area contributed by atoms with Crippen molar-refractivity contribution in [1.82, 2.24) is 0 Å². The molecule has 12 nitrogen and oxygen atoms in total. The molecule has 44 heavy (non-hydrogen) atoms. The third-order valence-electron chi connectivity index (χ3n) is 8.94. The van der Waals surface area contributed by atoms with Crippen LogP contribution in [0, 0.1) is 5.92 Å². The van der Waals surface area contributed by atoms with E-state index in [9.17, 15) is 29.1 Å². The fourth-order valence-electron chi connectivity index (χ4n) is 7.25. The van der Waals surface area contributed by atoms with Crippen molar-refractivity contribution in [1.29, 1.82) is 0 Å². The number of esters is 5. The van der Waals surface area contributed by atoms with Crippen molar-refractivity contribution in [2.24, 2.45) is 5.92 Å². The van der Waals surface area contributed by atoms with E-state index in [2.05, 4.69) is 0 Å². The Morgan fingerprint density at radius 3 is 2.02 bits per heavy atom. The summed E-state index contributed by atoms with van der Waals surface area (Å²) in [6, 6.07) is 7.94. The maximum Gasteiger partial charge on any atom is 0.338 e. The van der Waals surface area contributed by atoms with Crippen molar-refractivity contribution < 1.29 is 57.5 Å². The van der Waals surface area contributed by atoms with Crippen LogP contribution in [0.3, 0.4) is 0 Å². The zero-order chi connectivity index (χ0) is 32.8. The number of allylic oxidation sites excluding steroid dienone is 1. The summed E-state index contributed by atoms with van der Waals surface area (Å²) in [6.07, 6.45) is -4.68. The van der Waals surface area contributed by atoms with E-state index in [-0.39, 0.29) is 24.0 Å². The van der Waals surface area contributed by atoms with E-state index < -0.39 is 82.6 Å². The van der Waals surface area contributed by atoms with Crippen LogP contribution in [-0.2, 0) is 47.6 Å². The molecular formula is C32H40O12. The van der Waals surface area contributed by atoms with Gasteiger partial charge in [0.25, 0.3) is 0 Å². The number of benzene rings is 1. The lowest BCUT2D eigenvalue weighted by Gasteiger charge is -2.64. The van der Waals surface area contributed by atoms with Gasteiger partial charge in [0, 0.05) is 26.3 Å². The van der Waals surface area contributed by atoms with Gasteiger partial charge in [-0.3, -0.25) is 14.4 Å². The molecule has 1 aromatic rings. The van der Waals surface area contributed by atoms with Gasteiger partial charge in [-0.15, -0.1) is 0 Å². The van der Waals surface area contributed by atoms with Crippen molar-refractivity contribution in [3.8, 4) is 0 Å². The lowest BCUT2D eigenvalue weighted by molar-refractivity contribution is -0.363. The third-order valence-corrected chi connectivity index (χ3v) is 8.94. The first-order valence-corrected chi connectivity index (χ1v) is 14.5. The fourth-order valence-corrected chi connectivity index (χ4v) is 7.25. The Hall–Kier alpha value is -3.77. The molecule has 1 aliphatic heterocycles. The molecule has 0 unspecified atom stereocenters. The summed E-state index contributed by atoms with van der Waals surface area (Å²) in [5, 5.41) is 12.3. The second-order valence-corrected chi connectivity index (χ2v) is 12.3. The highest BCUT2D eigenvalue weighted by molar-refractivity contribution is 5.90. The minimum atomic E-state index is -2.38. The lowest BCUT2D eigenvalue weighted by Crippen LogP contribution is -2.87. The fraction of sp³-hybridized carbons (Fsp3) is 0.594. The molecule has 2 aliphatic carbocycles. The number of carbonyl (C=O) groups is 5. The first kappa shape index (κ1) is 33.1. The van der Waals surface area contributed by atoms with Crippen molar-refractivity contribution in [3.63, 3.8) is 0 Å². The van der Waals surface area contributed by atoms with E-state index in [1.165, 1.54) is 32.1 Å². The molecule has 8 atom stereocenters. The highest BCUT2D eigenvalue weighted by Gasteiger charge is 2.89. The molecule has 1 heterocycles. The van der Waals surface area contributed by atoms with Crippen LogP contribution in [0.4, 0.5) is 0 Å². The Labute approximate surface area is 255 Å².